The molecule has 1 unspecified atom stereocenters. The van der Waals surface area contributed by atoms with E-state index in [2.05, 4.69) is 278 Å². The minimum absolute atomic E-state index is 0. The van der Waals surface area contributed by atoms with Crippen LogP contribution in [0.15, 0.2) is 341 Å². The van der Waals surface area contributed by atoms with Crippen molar-refractivity contribution in [2.24, 2.45) is 5.92 Å². The molecule has 8 aromatic heterocycles. The molecule has 4 radical (unpaired) electrons. The Morgan fingerprint density at radius 1 is 0.280 bits per heavy atom. The first-order valence-corrected chi connectivity index (χ1v) is 59.0. The SMILES string of the molecule is CC(C)Cc1cc(-c2[c-]cccc2)ncc1[Si](C)(C)C.CC(C)c1cc(-c2[c-]cccc2)ncc1[Si](C)(C)C.CCC(C)c1cc(-c2[c-]cccc2)ncc1[Si](C)(C)C.C[Si](C)(C)c1cnc(-c2[c-]cccc2)cc1C1CCCC1.[Ir].[Ir].[Ir].[Ir].[c-]1ccccc1-c1ccccn1.[c-]1ccccc1-c1ccccn1.[c-]1ccccc1-c1ccccn1.[c-]1ccccc1-c1ccccn1. The molecule has 690 valence electrons. The summed E-state index contributed by atoms with van der Waals surface area (Å²) in [7, 11) is -5.37. The van der Waals surface area contributed by atoms with Crippen LogP contribution in [0, 0.1) is 54.4 Å². The number of nitrogens with zero attached hydrogens (tertiary/aromatic N) is 8. The van der Waals surface area contributed by atoms with Gasteiger partial charge < -0.3 is 39.9 Å². The number of hydrogen-bond acceptors (Lipinski definition) is 8. The van der Waals surface area contributed by atoms with Gasteiger partial charge in [-0.25, -0.2) is 0 Å². The summed E-state index contributed by atoms with van der Waals surface area (Å²) in [5, 5.41) is 6.01. The molecular weight excluding hydrogens is 2390 g/mol. The second kappa shape index (κ2) is 56.6. The molecule has 8 heterocycles. The van der Waals surface area contributed by atoms with Crippen LogP contribution in [0.4, 0.5) is 0 Å². The van der Waals surface area contributed by atoms with Crippen molar-refractivity contribution >= 4 is 53.0 Å². The third-order valence-corrected chi connectivity index (χ3v) is 29.9. The van der Waals surface area contributed by atoms with Gasteiger partial charge in [-0.3, -0.25) is 0 Å². The normalized spacial score (nSPS) is 11.6. The number of aromatic nitrogens is 8. The van der Waals surface area contributed by atoms with E-state index in [0.29, 0.717) is 17.8 Å². The number of hydrogen-bond donors (Lipinski definition) is 0. The Balaban J connectivity index is 0.000000233. The van der Waals surface area contributed by atoms with Crippen molar-refractivity contribution in [3.05, 3.63) is 412 Å². The van der Waals surface area contributed by atoms with Crippen LogP contribution in [-0.4, -0.2) is 72.2 Å². The van der Waals surface area contributed by atoms with Gasteiger partial charge in [0, 0.05) is 130 Å². The Labute approximate surface area is 849 Å². The first-order chi connectivity index (χ1) is 61.6. The van der Waals surface area contributed by atoms with E-state index < -0.39 is 32.3 Å². The van der Waals surface area contributed by atoms with E-state index in [9.17, 15) is 0 Å². The summed E-state index contributed by atoms with van der Waals surface area (Å²) in [6.45, 7) is 42.4. The molecule has 8 aromatic carbocycles. The van der Waals surface area contributed by atoms with Gasteiger partial charge in [0.05, 0.1) is 32.3 Å². The van der Waals surface area contributed by atoms with Gasteiger partial charge >= 0.3 is 0 Å². The first-order valence-electron chi connectivity index (χ1n) is 45.0. The molecule has 0 saturated heterocycles. The average Bonchev–Trinajstić information content (AvgIpc) is 1.60. The Morgan fingerprint density at radius 2 is 0.530 bits per heavy atom. The molecule has 132 heavy (non-hydrogen) atoms. The van der Waals surface area contributed by atoms with E-state index in [0.717, 1.165) is 102 Å². The van der Waals surface area contributed by atoms with Gasteiger partial charge in [-0.2, -0.15) is 0 Å². The van der Waals surface area contributed by atoms with Gasteiger partial charge in [0.2, 0.25) is 0 Å². The fourth-order valence-electron chi connectivity index (χ4n) is 14.9. The van der Waals surface area contributed by atoms with Crippen molar-refractivity contribution in [3.63, 3.8) is 0 Å². The van der Waals surface area contributed by atoms with Crippen LogP contribution in [0.25, 0.3) is 90.1 Å². The first kappa shape index (κ1) is 111. The summed E-state index contributed by atoms with van der Waals surface area (Å²) in [4.78, 5) is 35.7. The molecule has 17 rings (SSSR count). The molecule has 1 saturated carbocycles. The van der Waals surface area contributed by atoms with E-state index >= 15 is 0 Å². The topological polar surface area (TPSA) is 103 Å². The standard InChI is InChI=1S/C19H24NSi.2C18H24NSi.C17H22NSi.4C11H8N.4Ir/c1-21(2,3)19-14-20-18(16-11-5-4-6-12-16)13-17(19)15-9-7-8-10-15;1-14(2)11-16-12-17(15-9-7-6-8-10-15)19-13-18(16)20(3,4)5;1-6-14(2)16-12-17(15-10-8-7-9-11-15)19-13-18(16)20(3,4)5;1-13(2)15-11-16(14-9-7-6-8-10-14)18-12-17(15)19(3,4)5;4*1-2-6-10(7-3-1)11-8-4-5-9-12-11;;;;/h4-6,11,13-15H,7-10H2,1-3H3;6-9,12-14H,11H2,1-5H3;7-10,12-14H,6H2,1-5H3;6-9,11-13H,1-5H3;4*1-6,8-9H;;;;/q8*-1;;;;. The minimum Gasteiger partial charge on any atom is -0.305 e. The third kappa shape index (κ3) is 35.7. The maximum absolute atomic E-state index is 4.75. The van der Waals surface area contributed by atoms with Crippen LogP contribution in [-0.2, 0) is 86.8 Å². The molecule has 16 heteroatoms. The molecule has 1 aliphatic rings. The van der Waals surface area contributed by atoms with Crippen molar-refractivity contribution in [1.82, 2.24) is 39.9 Å². The molecule has 1 fully saturated rings. The Hall–Kier alpha value is -9.58. The van der Waals surface area contributed by atoms with Crippen molar-refractivity contribution in [3.8, 4) is 90.1 Å². The van der Waals surface area contributed by atoms with Crippen molar-refractivity contribution in [2.75, 3.05) is 0 Å². The van der Waals surface area contributed by atoms with Crippen molar-refractivity contribution in [1.29, 1.82) is 0 Å². The quantitative estimate of drug-likeness (QED) is 0.0618. The Bertz CT molecular complexity index is 5410. The molecule has 8 nitrogen and oxygen atoms in total. The monoisotopic (exact) mass is 2510 g/mol. The predicted octanol–water partition coefficient (Wildman–Crippen LogP) is 28.1. The van der Waals surface area contributed by atoms with Crippen LogP contribution < -0.4 is 20.7 Å². The molecule has 16 aromatic rings. The molecule has 0 spiro atoms. The van der Waals surface area contributed by atoms with E-state index in [-0.39, 0.29) is 80.4 Å². The van der Waals surface area contributed by atoms with Crippen molar-refractivity contribution in [2.45, 2.75) is 176 Å². The van der Waals surface area contributed by atoms with Crippen LogP contribution in [0.1, 0.15) is 114 Å². The predicted molar refractivity (Wildman–Crippen MR) is 553 cm³/mol. The van der Waals surface area contributed by atoms with E-state index in [4.69, 9.17) is 9.97 Å². The van der Waals surface area contributed by atoms with Gasteiger partial charge in [-0.15, -0.1) is 287 Å². The Morgan fingerprint density at radius 3 is 0.780 bits per heavy atom. The largest absolute Gasteiger partial charge is 0.305 e. The second-order valence-electron chi connectivity index (χ2n) is 36.8. The van der Waals surface area contributed by atoms with Crippen LogP contribution in [0.2, 0.25) is 78.6 Å². The molecule has 1 atom stereocenters. The fourth-order valence-corrected chi connectivity index (χ4v) is 21.4. The molecule has 1 aliphatic carbocycles. The zero-order valence-electron chi connectivity index (χ0n) is 79.8. The number of rotatable bonds is 18. The summed E-state index contributed by atoms with van der Waals surface area (Å²) >= 11 is 0. The van der Waals surface area contributed by atoms with Gasteiger partial charge in [-0.1, -0.05) is 228 Å². The minimum atomic E-state index is -1.35. The summed E-state index contributed by atoms with van der Waals surface area (Å²) in [5.41, 5.74) is 22.6. The smallest absolute Gasteiger partial charge is 0.0799 e. The second-order valence-corrected chi connectivity index (χ2v) is 57.0. The van der Waals surface area contributed by atoms with E-state index in [1.807, 2.05) is 237 Å². The molecular formula is C116H126Ir4N8Si4-8. The maximum Gasteiger partial charge on any atom is 0.0799 e. The zero-order chi connectivity index (χ0) is 91.3. The number of pyridine rings is 8. The molecule has 0 aliphatic heterocycles. The number of benzene rings is 8. The van der Waals surface area contributed by atoms with E-state index in [1.165, 1.54) is 64.4 Å². The molecule has 0 bridgehead atoms. The van der Waals surface area contributed by atoms with Crippen LogP contribution in [0.5, 0.6) is 0 Å². The average molecular weight is 2510 g/mol. The Kier molecular flexibility index (Phi) is 47.6. The molecule has 0 N–H and O–H groups in total. The fraction of sp³-hybridized carbons (Fsp3) is 0.241. The molecule has 0 amide bonds. The van der Waals surface area contributed by atoms with Crippen molar-refractivity contribution < 1.29 is 80.4 Å². The van der Waals surface area contributed by atoms with Crippen LogP contribution in [0.3, 0.4) is 0 Å². The third-order valence-electron chi connectivity index (χ3n) is 21.8. The summed E-state index contributed by atoms with van der Waals surface area (Å²) in [6, 6.07) is 122. The maximum atomic E-state index is 4.75. The summed E-state index contributed by atoms with van der Waals surface area (Å²) in [6.07, 6.45) is 23.4. The van der Waals surface area contributed by atoms with Gasteiger partial charge in [0.25, 0.3) is 0 Å². The summed E-state index contributed by atoms with van der Waals surface area (Å²) < 4.78 is 0. The van der Waals surface area contributed by atoms with Gasteiger partial charge in [0.15, 0.2) is 0 Å². The summed E-state index contributed by atoms with van der Waals surface area (Å²) in [5.74, 6) is 2.53. The van der Waals surface area contributed by atoms with Gasteiger partial charge in [-0.05, 0) is 140 Å². The van der Waals surface area contributed by atoms with Gasteiger partial charge in [0.1, 0.15) is 0 Å². The zero-order valence-corrected chi connectivity index (χ0v) is 93.4. The van der Waals surface area contributed by atoms with Crippen LogP contribution >= 0.6 is 0 Å². The van der Waals surface area contributed by atoms with E-state index in [1.54, 1.807) is 35.5 Å².